The zero-order chi connectivity index (χ0) is 13.0. The van der Waals surface area contributed by atoms with E-state index in [1.54, 1.807) is 0 Å². The van der Waals surface area contributed by atoms with E-state index in [2.05, 4.69) is 20.5 Å². The van der Waals surface area contributed by atoms with E-state index in [0.717, 1.165) is 16.8 Å². The Bertz CT molecular complexity index is 539. The van der Waals surface area contributed by atoms with E-state index in [9.17, 15) is 4.79 Å². The minimum atomic E-state index is -0.0508. The Balaban J connectivity index is 1.92. The Morgan fingerprint density at radius 1 is 1.44 bits per heavy atom. The van der Waals surface area contributed by atoms with Gasteiger partial charge >= 0.3 is 0 Å². The number of carbonyl (C=O) groups is 1. The van der Waals surface area contributed by atoms with Gasteiger partial charge in [0.1, 0.15) is 6.33 Å². The second kappa shape index (κ2) is 5.68. The molecular formula is C12H14N4OS. The third-order valence-corrected chi connectivity index (χ3v) is 3.28. The van der Waals surface area contributed by atoms with Crippen LogP contribution in [0.25, 0.3) is 0 Å². The highest BCUT2D eigenvalue weighted by Gasteiger charge is 2.07. The summed E-state index contributed by atoms with van der Waals surface area (Å²) in [6.07, 6.45) is 1.42. The number of aromatic amines is 1. The number of hydrogen-bond donors (Lipinski definition) is 2. The average molecular weight is 262 g/mol. The van der Waals surface area contributed by atoms with Crippen LogP contribution >= 0.6 is 11.8 Å². The average Bonchev–Trinajstić information content (AvgIpc) is 2.84. The number of aryl methyl sites for hydroxylation is 2. The van der Waals surface area contributed by atoms with Gasteiger partial charge in [-0.15, -0.1) is 0 Å². The number of benzene rings is 1. The molecule has 2 aromatic rings. The van der Waals surface area contributed by atoms with Crippen molar-refractivity contribution in [2.75, 3.05) is 11.1 Å². The SMILES string of the molecule is Cc1ccc(C)c(NC(=O)CSc2ncn[nH]2)c1. The third-order valence-electron chi connectivity index (χ3n) is 2.40. The zero-order valence-corrected chi connectivity index (χ0v) is 11.0. The van der Waals surface area contributed by atoms with Crippen LogP contribution in [0.15, 0.2) is 29.7 Å². The monoisotopic (exact) mass is 262 g/mol. The van der Waals surface area contributed by atoms with E-state index in [4.69, 9.17) is 0 Å². The van der Waals surface area contributed by atoms with Crippen LogP contribution in [0.2, 0.25) is 0 Å². The highest BCUT2D eigenvalue weighted by Crippen LogP contribution is 2.17. The summed E-state index contributed by atoms with van der Waals surface area (Å²) < 4.78 is 0. The van der Waals surface area contributed by atoms with Crippen LogP contribution in [0, 0.1) is 13.8 Å². The molecule has 0 aliphatic rings. The molecule has 0 atom stereocenters. The molecule has 1 aromatic carbocycles. The molecule has 0 spiro atoms. The summed E-state index contributed by atoms with van der Waals surface area (Å²) in [5.74, 6) is 0.257. The molecular weight excluding hydrogens is 248 g/mol. The molecule has 0 aliphatic carbocycles. The predicted octanol–water partition coefficient (Wildman–Crippen LogP) is 2.15. The van der Waals surface area contributed by atoms with Crippen LogP contribution in [0.4, 0.5) is 5.69 Å². The molecule has 18 heavy (non-hydrogen) atoms. The van der Waals surface area contributed by atoms with Crippen molar-refractivity contribution in [1.29, 1.82) is 0 Å². The van der Waals surface area contributed by atoms with Gasteiger partial charge in [-0.2, -0.15) is 5.10 Å². The molecule has 1 heterocycles. The van der Waals surface area contributed by atoms with Crippen molar-refractivity contribution in [3.05, 3.63) is 35.7 Å². The minimum Gasteiger partial charge on any atom is -0.325 e. The molecule has 0 fully saturated rings. The van der Waals surface area contributed by atoms with Gasteiger partial charge in [-0.1, -0.05) is 23.9 Å². The lowest BCUT2D eigenvalue weighted by atomic mass is 10.1. The number of nitrogens with one attached hydrogen (secondary N) is 2. The van der Waals surface area contributed by atoms with Crippen LogP contribution in [0.5, 0.6) is 0 Å². The molecule has 0 bridgehead atoms. The summed E-state index contributed by atoms with van der Waals surface area (Å²) in [4.78, 5) is 15.7. The van der Waals surface area contributed by atoms with Crippen molar-refractivity contribution in [3.8, 4) is 0 Å². The Morgan fingerprint density at radius 3 is 3.00 bits per heavy atom. The third kappa shape index (κ3) is 3.33. The summed E-state index contributed by atoms with van der Waals surface area (Å²) in [6, 6.07) is 5.98. The normalized spacial score (nSPS) is 10.3. The van der Waals surface area contributed by atoms with Gasteiger partial charge in [0.15, 0.2) is 5.16 Å². The lowest BCUT2D eigenvalue weighted by Gasteiger charge is -2.08. The molecule has 0 aliphatic heterocycles. The second-order valence-corrected chi connectivity index (χ2v) is 4.91. The number of thioether (sulfide) groups is 1. The van der Waals surface area contributed by atoms with Gasteiger partial charge in [0, 0.05) is 5.69 Å². The van der Waals surface area contributed by atoms with E-state index in [0.29, 0.717) is 10.9 Å². The van der Waals surface area contributed by atoms with Crippen molar-refractivity contribution in [3.63, 3.8) is 0 Å². The Hall–Kier alpha value is -1.82. The van der Waals surface area contributed by atoms with Gasteiger partial charge in [-0.05, 0) is 31.0 Å². The number of amides is 1. The van der Waals surface area contributed by atoms with E-state index in [1.807, 2.05) is 32.0 Å². The molecule has 2 N–H and O–H groups in total. The Morgan fingerprint density at radius 2 is 2.28 bits per heavy atom. The summed E-state index contributed by atoms with van der Waals surface area (Å²) in [7, 11) is 0. The van der Waals surface area contributed by atoms with Gasteiger partial charge in [0.25, 0.3) is 0 Å². The number of anilines is 1. The van der Waals surface area contributed by atoms with E-state index < -0.39 is 0 Å². The molecule has 1 amide bonds. The number of nitrogens with zero attached hydrogens (tertiary/aromatic N) is 2. The molecule has 94 valence electrons. The fraction of sp³-hybridized carbons (Fsp3) is 0.250. The van der Waals surface area contributed by atoms with Crippen molar-refractivity contribution >= 4 is 23.4 Å². The summed E-state index contributed by atoms with van der Waals surface area (Å²) >= 11 is 1.32. The summed E-state index contributed by atoms with van der Waals surface area (Å²) in [5.41, 5.74) is 3.04. The van der Waals surface area contributed by atoms with Gasteiger partial charge < -0.3 is 5.32 Å². The summed E-state index contributed by atoms with van der Waals surface area (Å²) in [6.45, 7) is 3.97. The quantitative estimate of drug-likeness (QED) is 0.828. The van der Waals surface area contributed by atoms with Crippen molar-refractivity contribution in [2.45, 2.75) is 19.0 Å². The molecule has 1 aromatic heterocycles. The van der Waals surface area contributed by atoms with Crippen LogP contribution < -0.4 is 5.32 Å². The van der Waals surface area contributed by atoms with Crippen LogP contribution in [-0.2, 0) is 4.79 Å². The zero-order valence-electron chi connectivity index (χ0n) is 10.2. The van der Waals surface area contributed by atoms with Crippen molar-refractivity contribution in [1.82, 2.24) is 15.2 Å². The molecule has 5 nitrogen and oxygen atoms in total. The van der Waals surface area contributed by atoms with E-state index in [1.165, 1.54) is 18.1 Å². The first-order valence-corrected chi connectivity index (χ1v) is 6.49. The molecule has 0 saturated carbocycles. The smallest absolute Gasteiger partial charge is 0.234 e. The first kappa shape index (κ1) is 12.6. The fourth-order valence-corrected chi connectivity index (χ4v) is 2.03. The number of aromatic nitrogens is 3. The predicted molar refractivity (Wildman–Crippen MR) is 71.7 cm³/mol. The van der Waals surface area contributed by atoms with Gasteiger partial charge in [-0.25, -0.2) is 4.98 Å². The minimum absolute atomic E-state index is 0.0508. The van der Waals surface area contributed by atoms with Crippen LogP contribution in [-0.4, -0.2) is 26.8 Å². The molecule has 0 saturated heterocycles. The van der Waals surface area contributed by atoms with Crippen LogP contribution in [0.3, 0.4) is 0 Å². The van der Waals surface area contributed by atoms with Gasteiger partial charge in [0.05, 0.1) is 5.75 Å². The summed E-state index contributed by atoms with van der Waals surface area (Å²) in [5, 5.41) is 9.96. The Labute approximate surface area is 109 Å². The highest BCUT2D eigenvalue weighted by molar-refractivity contribution is 7.99. The largest absolute Gasteiger partial charge is 0.325 e. The highest BCUT2D eigenvalue weighted by atomic mass is 32.2. The molecule has 0 unspecified atom stereocenters. The van der Waals surface area contributed by atoms with E-state index >= 15 is 0 Å². The topological polar surface area (TPSA) is 70.7 Å². The molecule has 6 heteroatoms. The maximum Gasteiger partial charge on any atom is 0.234 e. The van der Waals surface area contributed by atoms with Gasteiger partial charge in [-0.3, -0.25) is 9.89 Å². The molecule has 2 rings (SSSR count). The number of H-pyrrole nitrogens is 1. The first-order chi connectivity index (χ1) is 8.65. The lowest BCUT2D eigenvalue weighted by Crippen LogP contribution is -2.15. The second-order valence-electron chi connectivity index (χ2n) is 3.95. The number of hydrogen-bond acceptors (Lipinski definition) is 4. The van der Waals surface area contributed by atoms with Gasteiger partial charge in [0.2, 0.25) is 5.91 Å². The molecule has 0 radical (unpaired) electrons. The Kier molecular flexibility index (Phi) is 3.99. The number of carbonyl (C=O) groups excluding carboxylic acids is 1. The maximum absolute atomic E-state index is 11.8. The van der Waals surface area contributed by atoms with Crippen LogP contribution in [0.1, 0.15) is 11.1 Å². The number of rotatable bonds is 4. The van der Waals surface area contributed by atoms with Crippen molar-refractivity contribution in [2.24, 2.45) is 0 Å². The lowest BCUT2D eigenvalue weighted by molar-refractivity contribution is -0.113. The maximum atomic E-state index is 11.8. The standard InChI is InChI=1S/C12H14N4OS/c1-8-3-4-9(2)10(5-8)15-11(17)6-18-12-13-7-14-16-12/h3-5,7H,6H2,1-2H3,(H,15,17)(H,13,14,16). The fourth-order valence-electron chi connectivity index (χ4n) is 1.45. The van der Waals surface area contributed by atoms with Crippen molar-refractivity contribution < 1.29 is 4.79 Å². The van der Waals surface area contributed by atoms with E-state index in [-0.39, 0.29) is 5.91 Å². The first-order valence-electron chi connectivity index (χ1n) is 5.50.